The standard InChI is InChI=1S/C14H13FN4/c1-8-9(2)18-13-12(8)14(17-7-16-13)19-11-6-4-3-5-10(11)15/h3-7H,1-2H3,(H2,16,17,18,19). The minimum Gasteiger partial charge on any atom is -0.343 e. The van der Waals surface area contributed by atoms with Gasteiger partial charge in [-0.05, 0) is 31.5 Å². The Labute approximate surface area is 109 Å². The summed E-state index contributed by atoms with van der Waals surface area (Å²) in [5.74, 6) is 0.302. The predicted molar refractivity (Wildman–Crippen MR) is 73.0 cm³/mol. The fourth-order valence-electron chi connectivity index (χ4n) is 2.08. The number of fused-ring (bicyclic) bond motifs is 1. The normalized spacial score (nSPS) is 10.9. The Morgan fingerprint density at radius 3 is 2.74 bits per heavy atom. The van der Waals surface area contributed by atoms with Gasteiger partial charge in [0.15, 0.2) is 0 Å². The first kappa shape index (κ1) is 11.6. The van der Waals surface area contributed by atoms with E-state index in [1.807, 2.05) is 13.8 Å². The van der Waals surface area contributed by atoms with Gasteiger partial charge in [0, 0.05) is 5.69 Å². The molecule has 2 heterocycles. The lowest BCUT2D eigenvalue weighted by molar-refractivity contribution is 0.632. The highest BCUT2D eigenvalue weighted by Gasteiger charge is 2.12. The van der Waals surface area contributed by atoms with Crippen molar-refractivity contribution in [1.29, 1.82) is 0 Å². The van der Waals surface area contributed by atoms with Crippen molar-refractivity contribution in [1.82, 2.24) is 15.0 Å². The Balaban J connectivity index is 2.13. The van der Waals surface area contributed by atoms with E-state index in [1.165, 1.54) is 12.4 Å². The summed E-state index contributed by atoms with van der Waals surface area (Å²) in [7, 11) is 0. The molecule has 5 heteroatoms. The van der Waals surface area contributed by atoms with E-state index in [9.17, 15) is 4.39 Å². The predicted octanol–water partition coefficient (Wildman–Crippen LogP) is 3.46. The number of aromatic amines is 1. The number of rotatable bonds is 2. The second-order valence-corrected chi connectivity index (χ2v) is 4.43. The highest BCUT2D eigenvalue weighted by atomic mass is 19.1. The summed E-state index contributed by atoms with van der Waals surface area (Å²) >= 11 is 0. The van der Waals surface area contributed by atoms with Gasteiger partial charge in [0.1, 0.15) is 23.6 Å². The summed E-state index contributed by atoms with van der Waals surface area (Å²) in [6, 6.07) is 6.52. The third kappa shape index (κ3) is 1.93. The third-order valence-electron chi connectivity index (χ3n) is 3.22. The number of halogens is 1. The lowest BCUT2D eigenvalue weighted by Gasteiger charge is -2.07. The minimum atomic E-state index is -0.306. The lowest BCUT2D eigenvalue weighted by Crippen LogP contribution is -1.97. The minimum absolute atomic E-state index is 0.306. The molecule has 19 heavy (non-hydrogen) atoms. The van der Waals surface area contributed by atoms with Gasteiger partial charge in [-0.2, -0.15) is 0 Å². The molecule has 96 valence electrons. The van der Waals surface area contributed by atoms with Crippen LogP contribution in [-0.2, 0) is 0 Å². The van der Waals surface area contributed by atoms with Crippen molar-refractivity contribution in [2.24, 2.45) is 0 Å². The van der Waals surface area contributed by atoms with E-state index in [2.05, 4.69) is 20.3 Å². The van der Waals surface area contributed by atoms with Crippen LogP contribution in [0.3, 0.4) is 0 Å². The Morgan fingerprint density at radius 2 is 1.95 bits per heavy atom. The molecule has 0 unspecified atom stereocenters. The van der Waals surface area contributed by atoms with Gasteiger partial charge in [-0.15, -0.1) is 0 Å². The highest BCUT2D eigenvalue weighted by Crippen LogP contribution is 2.28. The molecular formula is C14H13FN4. The van der Waals surface area contributed by atoms with Gasteiger partial charge in [0.2, 0.25) is 0 Å². The molecule has 3 rings (SSSR count). The van der Waals surface area contributed by atoms with Gasteiger partial charge in [0.05, 0.1) is 11.1 Å². The van der Waals surface area contributed by atoms with Crippen molar-refractivity contribution in [3.63, 3.8) is 0 Å². The summed E-state index contributed by atoms with van der Waals surface area (Å²) in [5, 5.41) is 3.92. The molecule has 0 spiro atoms. The van der Waals surface area contributed by atoms with E-state index in [4.69, 9.17) is 0 Å². The van der Waals surface area contributed by atoms with Crippen LogP contribution in [0, 0.1) is 19.7 Å². The molecule has 0 amide bonds. The van der Waals surface area contributed by atoms with Crippen molar-refractivity contribution < 1.29 is 4.39 Å². The molecule has 2 aromatic heterocycles. The van der Waals surface area contributed by atoms with Crippen LogP contribution >= 0.6 is 0 Å². The average molecular weight is 256 g/mol. The van der Waals surface area contributed by atoms with E-state index in [1.54, 1.807) is 18.2 Å². The third-order valence-corrected chi connectivity index (χ3v) is 3.22. The average Bonchev–Trinajstić information content (AvgIpc) is 2.69. The molecule has 1 aromatic carbocycles. The summed E-state index contributed by atoms with van der Waals surface area (Å²) in [4.78, 5) is 11.6. The van der Waals surface area contributed by atoms with Crippen LogP contribution < -0.4 is 5.32 Å². The smallest absolute Gasteiger partial charge is 0.146 e. The molecule has 2 N–H and O–H groups in total. The molecule has 0 aliphatic heterocycles. The number of aryl methyl sites for hydroxylation is 2. The fraction of sp³-hybridized carbons (Fsp3) is 0.143. The van der Waals surface area contributed by atoms with Crippen molar-refractivity contribution >= 4 is 22.5 Å². The molecule has 0 atom stereocenters. The lowest BCUT2D eigenvalue weighted by atomic mass is 10.2. The maximum absolute atomic E-state index is 13.7. The Hall–Kier alpha value is -2.43. The van der Waals surface area contributed by atoms with E-state index in [0.29, 0.717) is 11.5 Å². The van der Waals surface area contributed by atoms with Crippen molar-refractivity contribution in [2.75, 3.05) is 5.32 Å². The van der Waals surface area contributed by atoms with Crippen molar-refractivity contribution in [3.8, 4) is 0 Å². The van der Waals surface area contributed by atoms with E-state index >= 15 is 0 Å². The number of nitrogens with one attached hydrogen (secondary N) is 2. The number of hydrogen-bond donors (Lipinski definition) is 2. The van der Waals surface area contributed by atoms with Gasteiger partial charge in [-0.1, -0.05) is 12.1 Å². The summed E-state index contributed by atoms with van der Waals surface area (Å²) in [6.45, 7) is 3.97. The van der Waals surface area contributed by atoms with Gasteiger partial charge in [-0.25, -0.2) is 14.4 Å². The quantitative estimate of drug-likeness (QED) is 0.738. The number of para-hydroxylation sites is 1. The molecule has 0 bridgehead atoms. The van der Waals surface area contributed by atoms with Crippen LogP contribution in [0.5, 0.6) is 0 Å². The maximum atomic E-state index is 13.7. The highest BCUT2D eigenvalue weighted by molar-refractivity contribution is 5.92. The second kappa shape index (κ2) is 4.35. The summed E-state index contributed by atoms with van der Waals surface area (Å²) < 4.78 is 13.7. The monoisotopic (exact) mass is 256 g/mol. The SMILES string of the molecule is Cc1[nH]c2ncnc(Nc3ccccc3F)c2c1C. The summed E-state index contributed by atoms with van der Waals surface area (Å²) in [5.41, 5.74) is 3.26. The fourth-order valence-corrected chi connectivity index (χ4v) is 2.08. The molecule has 0 saturated heterocycles. The number of benzene rings is 1. The molecule has 0 fully saturated rings. The van der Waals surface area contributed by atoms with E-state index in [-0.39, 0.29) is 5.82 Å². The van der Waals surface area contributed by atoms with Crippen LogP contribution in [-0.4, -0.2) is 15.0 Å². The Kier molecular flexibility index (Phi) is 2.67. The van der Waals surface area contributed by atoms with Crippen LogP contribution in [0.2, 0.25) is 0 Å². The Morgan fingerprint density at radius 1 is 1.16 bits per heavy atom. The molecule has 0 aliphatic carbocycles. The maximum Gasteiger partial charge on any atom is 0.146 e. The molecule has 0 aliphatic rings. The number of anilines is 2. The van der Waals surface area contributed by atoms with E-state index < -0.39 is 0 Å². The van der Waals surface area contributed by atoms with Crippen molar-refractivity contribution in [2.45, 2.75) is 13.8 Å². The first-order valence-electron chi connectivity index (χ1n) is 5.98. The van der Waals surface area contributed by atoms with Gasteiger partial charge in [-0.3, -0.25) is 0 Å². The molecule has 0 saturated carbocycles. The first-order chi connectivity index (χ1) is 9.16. The van der Waals surface area contributed by atoms with Crippen LogP contribution in [0.4, 0.5) is 15.9 Å². The zero-order valence-corrected chi connectivity index (χ0v) is 10.7. The molecule has 0 radical (unpaired) electrons. The molecule has 3 aromatic rings. The van der Waals surface area contributed by atoms with E-state index in [0.717, 1.165) is 22.3 Å². The zero-order valence-electron chi connectivity index (χ0n) is 10.7. The number of nitrogens with zero attached hydrogens (tertiary/aromatic N) is 2. The summed E-state index contributed by atoms with van der Waals surface area (Å²) in [6.07, 6.45) is 1.46. The molecular weight excluding hydrogens is 243 g/mol. The van der Waals surface area contributed by atoms with Crippen LogP contribution in [0.15, 0.2) is 30.6 Å². The second-order valence-electron chi connectivity index (χ2n) is 4.43. The van der Waals surface area contributed by atoms with Gasteiger partial charge < -0.3 is 10.3 Å². The van der Waals surface area contributed by atoms with Crippen LogP contribution in [0.25, 0.3) is 11.0 Å². The molecule has 4 nitrogen and oxygen atoms in total. The Bertz CT molecular complexity index is 748. The first-order valence-corrected chi connectivity index (χ1v) is 5.98. The van der Waals surface area contributed by atoms with Crippen molar-refractivity contribution in [3.05, 3.63) is 47.7 Å². The largest absolute Gasteiger partial charge is 0.343 e. The number of H-pyrrole nitrogens is 1. The zero-order chi connectivity index (χ0) is 13.4. The van der Waals surface area contributed by atoms with Gasteiger partial charge in [0.25, 0.3) is 0 Å². The van der Waals surface area contributed by atoms with Gasteiger partial charge >= 0.3 is 0 Å². The number of aromatic nitrogens is 3. The number of hydrogen-bond acceptors (Lipinski definition) is 3. The topological polar surface area (TPSA) is 53.6 Å². The van der Waals surface area contributed by atoms with Crippen LogP contribution in [0.1, 0.15) is 11.3 Å².